The van der Waals surface area contributed by atoms with E-state index in [2.05, 4.69) is 32.8 Å². The van der Waals surface area contributed by atoms with Crippen LogP contribution in [0.3, 0.4) is 0 Å². The molecule has 0 saturated carbocycles. The molecule has 0 unspecified atom stereocenters. The van der Waals surface area contributed by atoms with E-state index in [1.807, 2.05) is 46.6 Å². The Bertz CT molecular complexity index is 2340. The molecule has 77 heavy (non-hydrogen) atoms. The zero-order chi connectivity index (χ0) is 56.9. The number of aromatic nitrogens is 1. The lowest BCUT2D eigenvalue weighted by Crippen LogP contribution is -2.50. The van der Waals surface area contributed by atoms with Crippen LogP contribution >= 0.6 is 11.3 Å². The lowest BCUT2D eigenvalue weighted by atomic mass is 9.81. The number of amides is 6. The van der Waals surface area contributed by atoms with Gasteiger partial charge in [0.15, 0.2) is 11.9 Å². The van der Waals surface area contributed by atoms with Crippen molar-refractivity contribution in [3.63, 3.8) is 0 Å². The van der Waals surface area contributed by atoms with Crippen molar-refractivity contribution in [3.8, 4) is 0 Å². The summed E-state index contributed by atoms with van der Waals surface area (Å²) in [6.45, 7) is 16.9. The second kappa shape index (κ2) is 31.5. The van der Waals surface area contributed by atoms with E-state index in [0.29, 0.717) is 74.6 Å². The third-order valence-corrected chi connectivity index (χ3v) is 16.0. The number of hydrogen-bond donors (Lipinski definition) is 5. The largest absolute Gasteiger partial charge is 0.481 e. The molecule has 0 radical (unpaired) electrons. The number of nitrogens with zero attached hydrogens (tertiary/aromatic N) is 4. The molecule has 4 rings (SSSR count). The predicted molar refractivity (Wildman–Crippen MR) is 295 cm³/mol. The molecule has 3 heterocycles. The van der Waals surface area contributed by atoms with Gasteiger partial charge in [-0.15, -0.1) is 11.3 Å². The molecule has 2 aliphatic rings. The van der Waals surface area contributed by atoms with Gasteiger partial charge in [0.25, 0.3) is 17.7 Å². The molecule has 20 heteroatoms. The zero-order valence-corrected chi connectivity index (χ0v) is 47.7. The van der Waals surface area contributed by atoms with Gasteiger partial charge in [-0.2, -0.15) is 0 Å². The number of likely N-dealkylation sites (N-methyl/N-ethyl adjacent to an activating group) is 1. The summed E-state index contributed by atoms with van der Waals surface area (Å²) in [5.41, 5.74) is 6.96. The Kier molecular flexibility index (Phi) is 26.1. The van der Waals surface area contributed by atoms with Crippen LogP contribution < -0.4 is 21.7 Å². The number of ether oxygens (including phenoxy) is 1. The van der Waals surface area contributed by atoms with E-state index in [-0.39, 0.29) is 91.6 Å². The van der Waals surface area contributed by atoms with E-state index in [1.165, 1.54) is 19.1 Å². The highest BCUT2D eigenvalue weighted by molar-refractivity contribution is 7.09. The maximum Gasteiger partial charge on any atom is 0.306 e. The second-order valence-corrected chi connectivity index (χ2v) is 22.4. The number of benzene rings is 1. The Balaban J connectivity index is 1.44. The molecule has 0 spiro atoms. The second-order valence-electron chi connectivity index (χ2n) is 21.5. The first kappa shape index (κ1) is 63.7. The molecular formula is C57H86N8O11S. The maximum absolute atomic E-state index is 14.7. The summed E-state index contributed by atoms with van der Waals surface area (Å²) in [6, 6.07) is 4.78. The Labute approximate surface area is 459 Å². The van der Waals surface area contributed by atoms with Crippen molar-refractivity contribution in [2.75, 3.05) is 38.5 Å². The Hall–Kier alpha value is -5.86. The predicted octanol–water partition coefficient (Wildman–Crippen LogP) is 6.85. The Morgan fingerprint density at radius 2 is 1.62 bits per heavy atom. The monoisotopic (exact) mass is 1090 g/mol. The number of anilines is 1. The van der Waals surface area contributed by atoms with Gasteiger partial charge < -0.3 is 36.4 Å². The summed E-state index contributed by atoms with van der Waals surface area (Å²) in [5, 5.41) is 20.5. The Morgan fingerprint density at radius 1 is 0.935 bits per heavy atom. The quantitative estimate of drug-likeness (QED) is 0.0278. The van der Waals surface area contributed by atoms with Crippen molar-refractivity contribution >= 4 is 70.2 Å². The topological polar surface area (TPSA) is 268 Å². The molecule has 1 aromatic heterocycles. The molecule has 6 N–H and O–H groups in total. The first-order valence-corrected chi connectivity index (χ1v) is 28.6. The van der Waals surface area contributed by atoms with Crippen molar-refractivity contribution in [1.29, 1.82) is 0 Å². The minimum Gasteiger partial charge on any atom is -0.481 e. The van der Waals surface area contributed by atoms with Crippen LogP contribution in [-0.4, -0.2) is 135 Å². The lowest BCUT2D eigenvalue weighted by Gasteiger charge is -2.39. The molecule has 2 aromatic rings. The average molecular weight is 1090 g/mol. The molecule has 1 saturated heterocycles. The Morgan fingerprint density at radius 3 is 2.23 bits per heavy atom. The molecule has 6 amide bonds. The van der Waals surface area contributed by atoms with Crippen molar-refractivity contribution in [1.82, 2.24) is 30.3 Å². The fourth-order valence-electron chi connectivity index (χ4n) is 10.1. The molecule has 0 aliphatic carbocycles. The van der Waals surface area contributed by atoms with E-state index in [1.54, 1.807) is 36.6 Å². The highest BCUT2D eigenvalue weighted by Gasteiger charge is 2.39. The number of likely N-dealkylation sites (tertiary alicyclic amines) is 1. The fourth-order valence-corrected chi connectivity index (χ4v) is 11.0. The van der Waals surface area contributed by atoms with Gasteiger partial charge in [-0.25, -0.2) is 4.98 Å². The summed E-state index contributed by atoms with van der Waals surface area (Å²) in [5.74, 6) is -4.65. The summed E-state index contributed by atoms with van der Waals surface area (Å²) < 4.78 is 5.89. The lowest BCUT2D eigenvalue weighted by molar-refractivity contribution is -0.150. The smallest absolute Gasteiger partial charge is 0.306 e. The molecule has 19 nitrogen and oxygen atoms in total. The minimum absolute atomic E-state index is 0.0498. The molecule has 2 aliphatic heterocycles. The molecule has 426 valence electrons. The third-order valence-electron chi connectivity index (χ3n) is 15.0. The number of imide groups is 1. The first-order valence-electron chi connectivity index (χ1n) is 27.7. The highest BCUT2D eigenvalue weighted by Crippen LogP contribution is 2.34. The van der Waals surface area contributed by atoms with Crippen LogP contribution in [-0.2, 0) is 49.5 Å². The van der Waals surface area contributed by atoms with Crippen LogP contribution in [0.15, 0.2) is 41.8 Å². The SMILES string of the molecule is CC[C@H](C)[C@H](CC(=O)[C@H]1C[C@H](C)CCN1C)C(=O)N(CC)[C@H](C[C@@H](OC(C)=O)c1nc(C(=O)N[C@@H](Cc2ccc(NC(=O)[C@H](CCCCN)NC(=O)CCCCCN3C(=O)C=CC3=O)cc2)C[C@H](C)C(=O)O)cs1)C(C)C. The standard InChI is InChI=1S/C57H86N8O11S/c1-10-37(6)43(32-48(67)47-29-36(5)25-28-63(47)9)56(73)64(11-2)46(35(3)4)33-49(76-39(8)66)55-62-45(34-77-55)54(72)60-42(30-38(7)57(74)75)31-40-19-21-41(22-20-40)59-53(71)44(17-14-15-26-58)61-50(68)18-13-12-16-27-65-51(69)23-24-52(65)70/h19-24,34-38,42-44,46-47,49H,10-18,25-33,58H2,1-9H3,(H,59,71)(H,60,72)(H,61,68)(H,74,75)/t36-,37+,38+,42-,43+,44+,46-,47-,49-/m1/s1. The van der Waals surface area contributed by atoms with E-state index in [0.717, 1.165) is 41.2 Å². The number of nitrogens with two attached hydrogens (primary N) is 1. The van der Waals surface area contributed by atoms with Crippen molar-refractivity contribution in [2.24, 2.45) is 35.3 Å². The number of aliphatic carboxylic acids is 1. The van der Waals surface area contributed by atoms with Gasteiger partial charge in [-0.3, -0.25) is 53.0 Å². The van der Waals surface area contributed by atoms with Gasteiger partial charge in [0.1, 0.15) is 16.7 Å². The zero-order valence-electron chi connectivity index (χ0n) is 46.8. The summed E-state index contributed by atoms with van der Waals surface area (Å²) in [7, 11) is 1.98. The summed E-state index contributed by atoms with van der Waals surface area (Å²) in [6.07, 6.45) is 8.21. The van der Waals surface area contributed by atoms with Gasteiger partial charge >= 0.3 is 11.9 Å². The number of Topliss-reactive ketones (excluding diaryl/α,β-unsaturated/α-hetero) is 1. The first-order chi connectivity index (χ1) is 36.6. The van der Waals surface area contributed by atoms with E-state index in [4.69, 9.17) is 10.5 Å². The molecule has 9 atom stereocenters. The van der Waals surface area contributed by atoms with Gasteiger partial charge in [0.05, 0.1) is 12.0 Å². The summed E-state index contributed by atoms with van der Waals surface area (Å²) >= 11 is 1.14. The minimum atomic E-state index is -1.03. The number of ketones is 1. The maximum atomic E-state index is 14.7. The number of hydrogen-bond acceptors (Lipinski definition) is 14. The number of carbonyl (C=O) groups excluding carboxylic acids is 8. The van der Waals surface area contributed by atoms with E-state index in [9.17, 15) is 48.3 Å². The highest BCUT2D eigenvalue weighted by atomic mass is 32.1. The molecule has 1 fully saturated rings. The molecular weight excluding hydrogens is 1000 g/mol. The molecule has 1 aromatic carbocycles. The number of carboxylic acid groups (broad SMARTS) is 1. The number of rotatable bonds is 33. The van der Waals surface area contributed by atoms with Crippen molar-refractivity contribution in [2.45, 2.75) is 176 Å². The van der Waals surface area contributed by atoms with Gasteiger partial charge in [-0.1, -0.05) is 66.5 Å². The third kappa shape index (κ3) is 19.8. The number of piperidine rings is 1. The number of carboxylic acids is 1. The van der Waals surface area contributed by atoms with Crippen LogP contribution in [0.4, 0.5) is 5.69 Å². The number of nitrogens with one attached hydrogen (secondary N) is 3. The van der Waals surface area contributed by atoms with Crippen LogP contribution in [0.5, 0.6) is 0 Å². The van der Waals surface area contributed by atoms with Crippen LogP contribution in [0.25, 0.3) is 0 Å². The van der Waals surface area contributed by atoms with E-state index < -0.39 is 59.8 Å². The van der Waals surface area contributed by atoms with Crippen molar-refractivity contribution in [3.05, 3.63) is 58.1 Å². The van der Waals surface area contributed by atoms with Gasteiger partial charge in [0, 0.05) is 80.5 Å². The van der Waals surface area contributed by atoms with Crippen LogP contribution in [0.1, 0.15) is 166 Å². The van der Waals surface area contributed by atoms with Crippen molar-refractivity contribution < 1.29 is 53.0 Å². The molecule has 0 bridgehead atoms. The van der Waals surface area contributed by atoms with Crippen LogP contribution in [0.2, 0.25) is 0 Å². The van der Waals surface area contributed by atoms with Crippen LogP contribution in [0, 0.1) is 29.6 Å². The fraction of sp³-hybridized carbons (Fsp3) is 0.649. The number of thiazole rings is 1. The number of unbranched alkanes of at least 4 members (excludes halogenated alkanes) is 3. The number of esters is 1. The van der Waals surface area contributed by atoms with E-state index >= 15 is 0 Å². The average Bonchev–Trinajstić information content (AvgIpc) is 4.01. The van der Waals surface area contributed by atoms with Gasteiger partial charge in [-0.05, 0) is 120 Å². The normalized spacial score (nSPS) is 18.5. The van der Waals surface area contributed by atoms with Gasteiger partial charge in [0.2, 0.25) is 17.7 Å². The number of carbonyl (C=O) groups is 9. The summed E-state index contributed by atoms with van der Waals surface area (Å²) in [4.78, 5) is 127.